The zero-order chi connectivity index (χ0) is 21.8. The van der Waals surface area contributed by atoms with E-state index in [2.05, 4.69) is 20.3 Å². The van der Waals surface area contributed by atoms with Crippen molar-refractivity contribution in [1.82, 2.24) is 4.98 Å². The Morgan fingerprint density at radius 2 is 1.81 bits per heavy atom. The van der Waals surface area contributed by atoms with Gasteiger partial charge in [0.15, 0.2) is 6.04 Å². The van der Waals surface area contributed by atoms with Crippen LogP contribution in [0.1, 0.15) is 13.8 Å². The highest BCUT2D eigenvalue weighted by atomic mass is 32.1. The lowest BCUT2D eigenvalue weighted by atomic mass is 10.2. The summed E-state index contributed by atoms with van der Waals surface area (Å²) in [6, 6.07) is 14.0. The van der Waals surface area contributed by atoms with Crippen LogP contribution in [0, 0.1) is 0 Å². The summed E-state index contributed by atoms with van der Waals surface area (Å²) in [7, 11) is 1.62. The molecule has 0 spiro atoms. The first-order valence-corrected chi connectivity index (χ1v) is 10.6. The summed E-state index contributed by atoms with van der Waals surface area (Å²) >= 11 is 1.35. The number of nitrogens with zero attached hydrogens (tertiary/aromatic N) is 5. The maximum Gasteiger partial charge on any atom is 0.282 e. The Kier molecular flexibility index (Phi) is 6.03. The summed E-state index contributed by atoms with van der Waals surface area (Å²) in [6.07, 6.45) is 0. The van der Waals surface area contributed by atoms with Gasteiger partial charge in [-0.05, 0) is 62.4 Å². The summed E-state index contributed by atoms with van der Waals surface area (Å²) in [5, 5.41) is 16.5. The van der Waals surface area contributed by atoms with Gasteiger partial charge in [-0.25, -0.2) is 4.98 Å². The van der Waals surface area contributed by atoms with Crippen molar-refractivity contribution in [2.24, 2.45) is 15.3 Å². The van der Waals surface area contributed by atoms with E-state index in [0.717, 1.165) is 22.8 Å². The molecule has 0 bridgehead atoms. The number of rotatable bonds is 7. The molecule has 0 N–H and O–H groups in total. The van der Waals surface area contributed by atoms with E-state index in [0.29, 0.717) is 23.1 Å². The molecule has 4 rings (SSSR count). The maximum atomic E-state index is 12.9. The van der Waals surface area contributed by atoms with Crippen LogP contribution in [-0.2, 0) is 4.79 Å². The molecule has 0 aliphatic carbocycles. The van der Waals surface area contributed by atoms with Crippen molar-refractivity contribution in [2.45, 2.75) is 19.9 Å². The van der Waals surface area contributed by atoms with E-state index in [4.69, 9.17) is 9.47 Å². The number of ether oxygens (including phenoxy) is 2. The van der Waals surface area contributed by atoms with Crippen molar-refractivity contribution < 1.29 is 14.3 Å². The molecule has 1 amide bonds. The minimum atomic E-state index is -0.764. The molecule has 0 saturated heterocycles. The highest BCUT2D eigenvalue weighted by Crippen LogP contribution is 2.31. The molecule has 0 unspecified atom stereocenters. The predicted molar refractivity (Wildman–Crippen MR) is 121 cm³/mol. The van der Waals surface area contributed by atoms with Gasteiger partial charge < -0.3 is 9.47 Å². The van der Waals surface area contributed by atoms with Crippen LogP contribution in [0.25, 0.3) is 11.3 Å². The van der Waals surface area contributed by atoms with Gasteiger partial charge in [-0.2, -0.15) is 20.3 Å². The van der Waals surface area contributed by atoms with Crippen LogP contribution >= 0.6 is 11.3 Å². The Balaban J connectivity index is 1.48. The Morgan fingerprint density at radius 1 is 1.10 bits per heavy atom. The average Bonchev–Trinajstić information content (AvgIpc) is 3.38. The van der Waals surface area contributed by atoms with Crippen molar-refractivity contribution in [1.29, 1.82) is 0 Å². The SMILES string of the molecule is CCOc1ccc(N=N[C@H]2C(=O)N(c3nc(-c4ccc(OC)cc4)cs3)N=C2C)cc1. The lowest BCUT2D eigenvalue weighted by Crippen LogP contribution is -2.29. The quantitative estimate of drug-likeness (QED) is 0.483. The molecular formula is C22H21N5O3S. The molecule has 0 saturated carbocycles. The Hall–Kier alpha value is -3.59. The number of benzene rings is 2. The smallest absolute Gasteiger partial charge is 0.282 e. The van der Waals surface area contributed by atoms with Crippen LogP contribution in [0.5, 0.6) is 11.5 Å². The zero-order valence-electron chi connectivity index (χ0n) is 17.3. The number of hydrazone groups is 1. The van der Waals surface area contributed by atoms with Crippen molar-refractivity contribution in [3.63, 3.8) is 0 Å². The van der Waals surface area contributed by atoms with E-state index >= 15 is 0 Å². The van der Waals surface area contributed by atoms with E-state index < -0.39 is 6.04 Å². The van der Waals surface area contributed by atoms with E-state index in [1.807, 2.05) is 48.7 Å². The second-order valence-corrected chi connectivity index (χ2v) is 7.52. The molecular weight excluding hydrogens is 414 g/mol. The topological polar surface area (TPSA) is 88.7 Å². The largest absolute Gasteiger partial charge is 0.497 e. The molecule has 1 aliphatic rings. The fourth-order valence-electron chi connectivity index (χ4n) is 2.98. The predicted octanol–water partition coefficient (Wildman–Crippen LogP) is 5.09. The van der Waals surface area contributed by atoms with Crippen molar-refractivity contribution in [3.05, 3.63) is 53.9 Å². The number of aromatic nitrogens is 1. The van der Waals surface area contributed by atoms with Gasteiger partial charge in [-0.15, -0.1) is 11.3 Å². The van der Waals surface area contributed by atoms with Gasteiger partial charge >= 0.3 is 0 Å². The molecule has 31 heavy (non-hydrogen) atoms. The second kappa shape index (κ2) is 9.05. The monoisotopic (exact) mass is 435 g/mol. The number of azo groups is 1. The van der Waals surface area contributed by atoms with Crippen LogP contribution < -0.4 is 14.5 Å². The summed E-state index contributed by atoms with van der Waals surface area (Å²) < 4.78 is 10.6. The zero-order valence-corrected chi connectivity index (χ0v) is 18.2. The molecule has 158 valence electrons. The summed E-state index contributed by atoms with van der Waals surface area (Å²) in [5.41, 5.74) is 2.91. The van der Waals surface area contributed by atoms with Gasteiger partial charge in [-0.3, -0.25) is 4.79 Å². The maximum absolute atomic E-state index is 12.9. The fourth-order valence-corrected chi connectivity index (χ4v) is 3.77. The molecule has 1 aliphatic heterocycles. The third kappa shape index (κ3) is 4.46. The Bertz CT molecular complexity index is 1120. The third-order valence-electron chi connectivity index (χ3n) is 4.59. The third-order valence-corrected chi connectivity index (χ3v) is 5.41. The first kappa shape index (κ1) is 20.7. The molecule has 2 aromatic carbocycles. The summed E-state index contributed by atoms with van der Waals surface area (Å²) in [4.78, 5) is 17.5. The van der Waals surface area contributed by atoms with E-state index in [-0.39, 0.29) is 5.91 Å². The van der Waals surface area contributed by atoms with Gasteiger partial charge in [0.05, 0.1) is 30.8 Å². The first-order chi connectivity index (χ1) is 15.1. The van der Waals surface area contributed by atoms with E-state index in [9.17, 15) is 4.79 Å². The van der Waals surface area contributed by atoms with Crippen LogP contribution in [0.15, 0.2) is 69.2 Å². The molecule has 0 radical (unpaired) electrons. The molecule has 9 heteroatoms. The summed E-state index contributed by atoms with van der Waals surface area (Å²) in [6.45, 7) is 4.28. The number of amides is 1. The average molecular weight is 436 g/mol. The van der Waals surface area contributed by atoms with Gasteiger partial charge in [0.25, 0.3) is 5.91 Å². The van der Waals surface area contributed by atoms with Crippen LogP contribution in [0.4, 0.5) is 10.8 Å². The van der Waals surface area contributed by atoms with Crippen molar-refractivity contribution in [2.75, 3.05) is 18.7 Å². The molecule has 2 heterocycles. The van der Waals surface area contributed by atoms with E-state index in [1.54, 1.807) is 26.2 Å². The van der Waals surface area contributed by atoms with Gasteiger partial charge in [0.2, 0.25) is 5.13 Å². The number of hydrogen-bond donors (Lipinski definition) is 0. The summed E-state index contributed by atoms with van der Waals surface area (Å²) in [5.74, 6) is 1.26. The van der Waals surface area contributed by atoms with Crippen molar-refractivity contribution in [3.8, 4) is 22.8 Å². The number of anilines is 1. The minimum absolute atomic E-state index is 0.275. The first-order valence-electron chi connectivity index (χ1n) is 9.71. The Labute approximate surface area is 183 Å². The molecule has 1 atom stereocenters. The van der Waals surface area contributed by atoms with Crippen LogP contribution in [0.3, 0.4) is 0 Å². The molecule has 8 nitrogen and oxygen atoms in total. The number of carbonyl (C=O) groups excluding carboxylic acids is 1. The standard InChI is InChI=1S/C22H21N5O3S/c1-4-30-18-11-7-16(8-12-18)24-25-20-14(2)26-27(21(20)28)22-23-19(13-31-22)15-5-9-17(29-3)10-6-15/h5-13,20H,4H2,1-3H3/t20-/m1/s1. The van der Waals surface area contributed by atoms with Crippen LogP contribution in [0.2, 0.25) is 0 Å². The number of methoxy groups -OCH3 is 1. The normalized spacial score (nSPS) is 16.1. The van der Waals surface area contributed by atoms with Gasteiger partial charge in [0.1, 0.15) is 11.5 Å². The number of carbonyl (C=O) groups is 1. The molecule has 3 aromatic rings. The number of hydrogen-bond acceptors (Lipinski definition) is 8. The molecule has 0 fully saturated rings. The highest BCUT2D eigenvalue weighted by molar-refractivity contribution is 7.14. The van der Waals surface area contributed by atoms with E-state index in [1.165, 1.54) is 16.3 Å². The Morgan fingerprint density at radius 3 is 2.48 bits per heavy atom. The van der Waals surface area contributed by atoms with Crippen LogP contribution in [-0.4, -0.2) is 36.4 Å². The minimum Gasteiger partial charge on any atom is -0.497 e. The highest BCUT2D eigenvalue weighted by Gasteiger charge is 2.36. The number of thiazole rings is 1. The second-order valence-electron chi connectivity index (χ2n) is 6.68. The fraction of sp³-hybridized carbons (Fsp3) is 0.227. The lowest BCUT2D eigenvalue weighted by Gasteiger charge is -2.08. The van der Waals surface area contributed by atoms with Gasteiger partial charge in [0, 0.05) is 10.9 Å². The molecule has 1 aromatic heterocycles. The lowest BCUT2D eigenvalue weighted by molar-refractivity contribution is -0.117. The van der Waals surface area contributed by atoms with Gasteiger partial charge in [-0.1, -0.05) is 0 Å². The van der Waals surface area contributed by atoms with Crippen molar-refractivity contribution >= 4 is 33.8 Å².